The Kier molecular flexibility index (Phi) is 4.30. The molecule has 0 heterocycles. The van der Waals surface area contributed by atoms with E-state index in [0.717, 1.165) is 18.5 Å². The molecule has 1 amide bonds. The first-order valence-corrected chi connectivity index (χ1v) is 6.71. The van der Waals surface area contributed by atoms with Crippen LogP contribution in [-0.2, 0) is 4.79 Å². The number of para-hydroxylation sites is 1. The van der Waals surface area contributed by atoms with Crippen LogP contribution in [0.2, 0.25) is 0 Å². The van der Waals surface area contributed by atoms with Crippen molar-refractivity contribution in [3.8, 4) is 11.5 Å². The Morgan fingerprint density at radius 1 is 1.32 bits per heavy atom. The average molecular weight is 263 g/mol. The molecule has 2 rings (SSSR count). The zero-order valence-electron chi connectivity index (χ0n) is 11.8. The van der Waals surface area contributed by atoms with E-state index in [1.165, 1.54) is 12.8 Å². The fourth-order valence-electron chi connectivity index (χ4n) is 2.39. The normalized spacial score (nSPS) is 15.3. The average Bonchev–Trinajstić information content (AvgIpc) is 2.91. The highest BCUT2D eigenvalue weighted by atomic mass is 16.5. The van der Waals surface area contributed by atoms with E-state index in [2.05, 4.69) is 0 Å². The molecule has 0 N–H and O–H groups in total. The summed E-state index contributed by atoms with van der Waals surface area (Å²) >= 11 is 0. The van der Waals surface area contributed by atoms with Gasteiger partial charge in [-0.2, -0.15) is 0 Å². The van der Waals surface area contributed by atoms with E-state index in [4.69, 9.17) is 9.47 Å². The van der Waals surface area contributed by atoms with Gasteiger partial charge in [0, 0.05) is 14.0 Å². The highest BCUT2D eigenvalue weighted by molar-refractivity contribution is 5.93. The molecule has 0 spiro atoms. The molecule has 1 fully saturated rings. The number of hydrogen-bond acceptors (Lipinski definition) is 3. The van der Waals surface area contributed by atoms with Gasteiger partial charge in [0.05, 0.1) is 18.9 Å². The minimum atomic E-state index is -0.0236. The molecule has 19 heavy (non-hydrogen) atoms. The van der Waals surface area contributed by atoms with Crippen molar-refractivity contribution >= 4 is 11.6 Å². The molecular weight excluding hydrogens is 242 g/mol. The molecule has 0 aliphatic heterocycles. The van der Waals surface area contributed by atoms with Crippen molar-refractivity contribution in [3.05, 3.63) is 18.2 Å². The number of benzene rings is 1. The Morgan fingerprint density at radius 3 is 2.58 bits per heavy atom. The van der Waals surface area contributed by atoms with Gasteiger partial charge in [0.25, 0.3) is 0 Å². The van der Waals surface area contributed by atoms with Crippen LogP contribution in [0.15, 0.2) is 18.2 Å². The molecule has 4 heteroatoms. The van der Waals surface area contributed by atoms with Gasteiger partial charge in [-0.15, -0.1) is 0 Å². The predicted octanol–water partition coefficient (Wildman–Crippen LogP) is 3.00. The van der Waals surface area contributed by atoms with Crippen LogP contribution in [0.3, 0.4) is 0 Å². The number of rotatable bonds is 4. The third-order valence-corrected chi connectivity index (χ3v) is 3.60. The zero-order chi connectivity index (χ0) is 13.8. The molecule has 104 valence electrons. The molecule has 1 aliphatic rings. The number of carbonyl (C=O) groups is 1. The van der Waals surface area contributed by atoms with Crippen molar-refractivity contribution in [2.45, 2.75) is 38.7 Å². The van der Waals surface area contributed by atoms with E-state index in [9.17, 15) is 4.79 Å². The monoisotopic (exact) mass is 263 g/mol. The summed E-state index contributed by atoms with van der Waals surface area (Å²) in [6.45, 7) is 1.54. The number of amides is 1. The van der Waals surface area contributed by atoms with Gasteiger partial charge in [0.1, 0.15) is 0 Å². The topological polar surface area (TPSA) is 38.8 Å². The standard InChI is InChI=1S/C15H21NO3/c1-11(17)16(2)13-9-6-10-14(18-3)15(13)19-12-7-4-5-8-12/h6,9-10,12H,4-5,7-8H2,1-3H3. The zero-order valence-corrected chi connectivity index (χ0v) is 11.8. The maximum absolute atomic E-state index is 11.6. The van der Waals surface area contributed by atoms with E-state index in [0.29, 0.717) is 11.5 Å². The smallest absolute Gasteiger partial charge is 0.223 e. The molecule has 0 atom stereocenters. The summed E-state index contributed by atoms with van der Waals surface area (Å²) in [5, 5.41) is 0. The van der Waals surface area contributed by atoms with Crippen LogP contribution in [0.25, 0.3) is 0 Å². The van der Waals surface area contributed by atoms with Crippen molar-refractivity contribution in [3.63, 3.8) is 0 Å². The lowest BCUT2D eigenvalue weighted by molar-refractivity contribution is -0.116. The Balaban J connectivity index is 2.33. The number of nitrogens with zero attached hydrogens (tertiary/aromatic N) is 1. The van der Waals surface area contributed by atoms with E-state index in [1.807, 2.05) is 18.2 Å². The van der Waals surface area contributed by atoms with Crippen molar-refractivity contribution < 1.29 is 14.3 Å². The van der Waals surface area contributed by atoms with Gasteiger partial charge in [0.15, 0.2) is 11.5 Å². The molecule has 0 aromatic heterocycles. The van der Waals surface area contributed by atoms with Gasteiger partial charge < -0.3 is 14.4 Å². The van der Waals surface area contributed by atoms with Gasteiger partial charge >= 0.3 is 0 Å². The summed E-state index contributed by atoms with van der Waals surface area (Å²) < 4.78 is 11.4. The molecule has 1 saturated carbocycles. The summed E-state index contributed by atoms with van der Waals surface area (Å²) in [6, 6.07) is 5.62. The van der Waals surface area contributed by atoms with Gasteiger partial charge in [-0.1, -0.05) is 6.07 Å². The molecule has 1 aliphatic carbocycles. The highest BCUT2D eigenvalue weighted by Crippen LogP contribution is 2.39. The fourth-order valence-corrected chi connectivity index (χ4v) is 2.39. The lowest BCUT2D eigenvalue weighted by Gasteiger charge is -2.23. The second-order valence-corrected chi connectivity index (χ2v) is 4.91. The van der Waals surface area contributed by atoms with E-state index in [-0.39, 0.29) is 12.0 Å². The van der Waals surface area contributed by atoms with Crippen LogP contribution >= 0.6 is 0 Å². The molecule has 1 aromatic rings. The summed E-state index contributed by atoms with van der Waals surface area (Å²) in [7, 11) is 3.37. The summed E-state index contributed by atoms with van der Waals surface area (Å²) in [5.74, 6) is 1.33. The molecule has 0 radical (unpaired) electrons. The maximum Gasteiger partial charge on any atom is 0.223 e. The summed E-state index contributed by atoms with van der Waals surface area (Å²) in [6.07, 6.45) is 4.79. The SMILES string of the molecule is COc1cccc(N(C)C(C)=O)c1OC1CCCC1. The quantitative estimate of drug-likeness (QED) is 0.838. The second kappa shape index (κ2) is 5.95. The number of methoxy groups -OCH3 is 1. The lowest BCUT2D eigenvalue weighted by Crippen LogP contribution is -2.24. The van der Waals surface area contributed by atoms with Crippen molar-refractivity contribution in [2.24, 2.45) is 0 Å². The van der Waals surface area contributed by atoms with Crippen molar-refractivity contribution in [2.75, 3.05) is 19.1 Å². The largest absolute Gasteiger partial charge is 0.493 e. The first kappa shape index (κ1) is 13.7. The fraction of sp³-hybridized carbons (Fsp3) is 0.533. The van der Waals surface area contributed by atoms with Gasteiger partial charge in [-0.3, -0.25) is 4.79 Å². The predicted molar refractivity (Wildman–Crippen MR) is 75.0 cm³/mol. The molecule has 4 nitrogen and oxygen atoms in total. The van der Waals surface area contributed by atoms with Crippen LogP contribution in [0.1, 0.15) is 32.6 Å². The van der Waals surface area contributed by atoms with Crippen molar-refractivity contribution in [1.82, 2.24) is 0 Å². The van der Waals surface area contributed by atoms with Crippen LogP contribution in [-0.4, -0.2) is 26.2 Å². The van der Waals surface area contributed by atoms with Crippen LogP contribution in [0, 0.1) is 0 Å². The van der Waals surface area contributed by atoms with Crippen molar-refractivity contribution in [1.29, 1.82) is 0 Å². The Hall–Kier alpha value is -1.71. The molecule has 0 bridgehead atoms. The molecule has 0 saturated heterocycles. The lowest BCUT2D eigenvalue weighted by atomic mass is 10.2. The third kappa shape index (κ3) is 3.00. The number of ether oxygens (including phenoxy) is 2. The summed E-state index contributed by atoms with van der Waals surface area (Å²) in [4.78, 5) is 13.2. The van der Waals surface area contributed by atoms with Gasteiger partial charge in [-0.25, -0.2) is 0 Å². The second-order valence-electron chi connectivity index (χ2n) is 4.91. The van der Waals surface area contributed by atoms with Crippen LogP contribution < -0.4 is 14.4 Å². The van der Waals surface area contributed by atoms with E-state index >= 15 is 0 Å². The Morgan fingerprint density at radius 2 is 2.00 bits per heavy atom. The molecular formula is C15H21NO3. The van der Waals surface area contributed by atoms with Gasteiger partial charge in [0.2, 0.25) is 5.91 Å². The summed E-state index contributed by atoms with van der Waals surface area (Å²) in [5.41, 5.74) is 0.763. The number of anilines is 1. The first-order valence-electron chi connectivity index (χ1n) is 6.71. The highest BCUT2D eigenvalue weighted by Gasteiger charge is 2.22. The minimum Gasteiger partial charge on any atom is -0.493 e. The van der Waals surface area contributed by atoms with Crippen LogP contribution in [0.4, 0.5) is 5.69 Å². The number of carbonyl (C=O) groups excluding carboxylic acids is 1. The van der Waals surface area contributed by atoms with E-state index < -0.39 is 0 Å². The van der Waals surface area contributed by atoms with Gasteiger partial charge in [-0.05, 0) is 37.8 Å². The molecule has 0 unspecified atom stereocenters. The van der Waals surface area contributed by atoms with Crippen LogP contribution in [0.5, 0.6) is 11.5 Å². The Labute approximate surface area is 114 Å². The molecule has 1 aromatic carbocycles. The first-order chi connectivity index (χ1) is 9.13. The Bertz CT molecular complexity index is 453. The third-order valence-electron chi connectivity index (χ3n) is 3.60. The number of hydrogen-bond donors (Lipinski definition) is 0. The maximum atomic E-state index is 11.6. The minimum absolute atomic E-state index is 0.0236. The van der Waals surface area contributed by atoms with E-state index in [1.54, 1.807) is 26.0 Å².